The molecule has 0 spiro atoms. The molecule has 0 heterocycles. The number of ether oxygens (including phenoxy) is 1. The smallest absolute Gasteiger partial charge is 0.264 e. The highest BCUT2D eigenvalue weighted by Gasteiger charge is 2.35. The first-order valence-electron chi connectivity index (χ1n) is 13.3. The Hall–Kier alpha value is -3.27. The first-order valence-corrected chi connectivity index (χ1v) is 15.5. The van der Waals surface area contributed by atoms with E-state index in [-0.39, 0.29) is 28.8 Å². The zero-order valence-corrected chi connectivity index (χ0v) is 25.9. The molecule has 0 aliphatic carbocycles. The topological polar surface area (TPSA) is 96.0 Å². The maximum atomic E-state index is 14.2. The number of carbonyl (C=O) groups is 2. The average Bonchev–Trinajstić information content (AvgIpc) is 2.96. The van der Waals surface area contributed by atoms with Gasteiger partial charge in [-0.2, -0.15) is 0 Å². The summed E-state index contributed by atoms with van der Waals surface area (Å²) in [4.78, 5) is 28.8. The van der Waals surface area contributed by atoms with Gasteiger partial charge in [-0.1, -0.05) is 67.4 Å². The number of carbonyl (C=O) groups excluding carboxylic acids is 2. The lowest BCUT2D eigenvalue weighted by Gasteiger charge is -2.33. The maximum Gasteiger partial charge on any atom is 0.264 e. The van der Waals surface area contributed by atoms with Crippen molar-refractivity contribution in [3.63, 3.8) is 0 Å². The van der Waals surface area contributed by atoms with E-state index in [0.29, 0.717) is 28.6 Å². The molecule has 3 aromatic carbocycles. The number of methoxy groups -OCH3 is 1. The highest BCUT2D eigenvalue weighted by molar-refractivity contribution is 7.92. The van der Waals surface area contributed by atoms with Crippen LogP contribution in [0.25, 0.3) is 0 Å². The first kappa shape index (κ1) is 32.2. The van der Waals surface area contributed by atoms with Gasteiger partial charge in [-0.05, 0) is 67.3 Å². The lowest BCUT2D eigenvalue weighted by molar-refractivity contribution is -0.140. The van der Waals surface area contributed by atoms with Gasteiger partial charge in [0.1, 0.15) is 18.3 Å². The normalized spacial score (nSPS) is 12.0. The number of nitrogens with zero attached hydrogens (tertiary/aromatic N) is 2. The minimum absolute atomic E-state index is 0.0105. The van der Waals surface area contributed by atoms with E-state index < -0.39 is 28.5 Å². The molecule has 2 amide bonds. The minimum Gasteiger partial charge on any atom is -0.495 e. The predicted molar refractivity (Wildman–Crippen MR) is 163 cm³/mol. The van der Waals surface area contributed by atoms with Crippen molar-refractivity contribution in [2.45, 2.75) is 51.1 Å². The Morgan fingerprint density at radius 1 is 1.00 bits per heavy atom. The number of halogens is 2. The van der Waals surface area contributed by atoms with Crippen molar-refractivity contribution in [2.24, 2.45) is 0 Å². The summed E-state index contributed by atoms with van der Waals surface area (Å²) >= 11 is 12.5. The number of hydrogen-bond acceptors (Lipinski definition) is 5. The average molecular weight is 621 g/mol. The van der Waals surface area contributed by atoms with Crippen LogP contribution in [0.5, 0.6) is 5.75 Å². The van der Waals surface area contributed by atoms with Crippen LogP contribution in [-0.4, -0.2) is 51.4 Å². The molecule has 0 aliphatic rings. The molecule has 8 nitrogen and oxygen atoms in total. The molecule has 1 atom stereocenters. The summed E-state index contributed by atoms with van der Waals surface area (Å²) in [5.41, 5.74) is 1.55. The van der Waals surface area contributed by atoms with E-state index in [1.165, 1.54) is 24.1 Å². The zero-order chi connectivity index (χ0) is 30.2. The van der Waals surface area contributed by atoms with E-state index in [2.05, 4.69) is 5.32 Å². The summed E-state index contributed by atoms with van der Waals surface area (Å²) in [6.07, 6.45) is 1.01. The SMILES string of the molecule is CCCNC(=O)[C@H](CC)N(Cc1ccc(Cl)cc1Cl)C(=O)CN(c1cc(C)ccc1OC)S(=O)(=O)c1ccccc1. The molecule has 0 bridgehead atoms. The van der Waals surface area contributed by atoms with Crippen LogP contribution in [0, 0.1) is 6.92 Å². The standard InChI is InChI=1S/C30H35Cl2N3O5S/c1-5-16-33-30(37)26(6-2)34(19-22-13-14-23(31)18-25(22)32)29(36)20-35(27-17-21(3)12-15-28(27)40-4)41(38,39)24-10-8-7-9-11-24/h7-15,17-18,26H,5-6,16,19-20H2,1-4H3,(H,33,37)/t26-/m0/s1. The Morgan fingerprint density at radius 3 is 2.32 bits per heavy atom. The molecule has 0 aromatic heterocycles. The number of nitrogens with one attached hydrogen (secondary N) is 1. The van der Waals surface area contributed by atoms with Gasteiger partial charge in [0.2, 0.25) is 11.8 Å². The summed E-state index contributed by atoms with van der Waals surface area (Å²) in [5.74, 6) is -0.640. The fraction of sp³-hybridized carbons (Fsp3) is 0.333. The molecule has 11 heteroatoms. The third kappa shape index (κ3) is 7.93. The molecule has 0 aliphatic heterocycles. The quantitative estimate of drug-likeness (QED) is 0.259. The fourth-order valence-electron chi connectivity index (χ4n) is 4.35. The van der Waals surface area contributed by atoms with Gasteiger partial charge >= 0.3 is 0 Å². The Labute approximate surface area is 252 Å². The van der Waals surface area contributed by atoms with E-state index in [1.54, 1.807) is 61.5 Å². The predicted octanol–water partition coefficient (Wildman–Crippen LogP) is 5.84. The molecular formula is C30H35Cl2N3O5S. The van der Waals surface area contributed by atoms with Gasteiger partial charge in [0.15, 0.2) is 0 Å². The van der Waals surface area contributed by atoms with Gasteiger partial charge in [0.05, 0.1) is 17.7 Å². The number of anilines is 1. The zero-order valence-electron chi connectivity index (χ0n) is 23.6. The molecule has 3 rings (SSSR count). The van der Waals surface area contributed by atoms with Crippen LogP contribution in [0.1, 0.15) is 37.8 Å². The lowest BCUT2D eigenvalue weighted by atomic mass is 10.1. The monoisotopic (exact) mass is 619 g/mol. The maximum absolute atomic E-state index is 14.2. The lowest BCUT2D eigenvalue weighted by Crippen LogP contribution is -2.52. The number of rotatable bonds is 13. The second kappa shape index (κ2) is 14.6. The summed E-state index contributed by atoms with van der Waals surface area (Å²) in [5, 5.41) is 3.61. The Morgan fingerprint density at radius 2 is 1.71 bits per heavy atom. The van der Waals surface area contributed by atoms with Crippen molar-refractivity contribution in [3.05, 3.63) is 87.9 Å². The van der Waals surface area contributed by atoms with E-state index in [9.17, 15) is 18.0 Å². The number of aryl methyl sites for hydroxylation is 1. The van der Waals surface area contributed by atoms with E-state index >= 15 is 0 Å². The Balaban J connectivity index is 2.13. The third-order valence-corrected chi connectivity index (χ3v) is 8.86. The molecule has 1 N–H and O–H groups in total. The van der Waals surface area contributed by atoms with E-state index in [1.807, 2.05) is 13.8 Å². The van der Waals surface area contributed by atoms with Gasteiger partial charge in [-0.3, -0.25) is 13.9 Å². The second-order valence-corrected chi connectivity index (χ2v) is 12.2. The number of benzene rings is 3. The van der Waals surface area contributed by atoms with Gasteiger partial charge in [0, 0.05) is 23.1 Å². The molecule has 41 heavy (non-hydrogen) atoms. The van der Waals surface area contributed by atoms with Crippen LogP contribution in [0.15, 0.2) is 71.6 Å². The molecule has 0 unspecified atom stereocenters. The largest absolute Gasteiger partial charge is 0.495 e. The summed E-state index contributed by atoms with van der Waals surface area (Å²) in [6, 6.07) is 17.0. The van der Waals surface area contributed by atoms with Crippen LogP contribution >= 0.6 is 23.2 Å². The van der Waals surface area contributed by atoms with Crippen molar-refractivity contribution in [1.29, 1.82) is 0 Å². The van der Waals surface area contributed by atoms with Crippen molar-refractivity contribution in [3.8, 4) is 5.75 Å². The van der Waals surface area contributed by atoms with E-state index in [4.69, 9.17) is 27.9 Å². The van der Waals surface area contributed by atoms with Crippen LogP contribution in [0.2, 0.25) is 10.0 Å². The number of amides is 2. The summed E-state index contributed by atoms with van der Waals surface area (Å²) in [6.45, 7) is 5.37. The van der Waals surface area contributed by atoms with Crippen LogP contribution in [0.4, 0.5) is 5.69 Å². The molecule has 0 radical (unpaired) electrons. The van der Waals surface area contributed by atoms with Crippen molar-refractivity contribution < 1.29 is 22.7 Å². The third-order valence-electron chi connectivity index (χ3n) is 6.50. The fourth-order valence-corrected chi connectivity index (χ4v) is 6.25. The summed E-state index contributed by atoms with van der Waals surface area (Å²) < 4.78 is 34.6. The van der Waals surface area contributed by atoms with Gasteiger partial charge in [-0.25, -0.2) is 8.42 Å². The minimum atomic E-state index is -4.22. The van der Waals surface area contributed by atoms with Crippen molar-refractivity contribution in [1.82, 2.24) is 10.2 Å². The number of sulfonamides is 1. The molecule has 0 saturated heterocycles. The van der Waals surface area contributed by atoms with Gasteiger partial charge in [-0.15, -0.1) is 0 Å². The highest BCUT2D eigenvalue weighted by Crippen LogP contribution is 2.34. The molecule has 0 fully saturated rings. The highest BCUT2D eigenvalue weighted by atomic mass is 35.5. The number of hydrogen-bond donors (Lipinski definition) is 1. The van der Waals surface area contributed by atoms with Crippen LogP contribution in [-0.2, 0) is 26.2 Å². The van der Waals surface area contributed by atoms with E-state index in [0.717, 1.165) is 16.3 Å². The summed E-state index contributed by atoms with van der Waals surface area (Å²) in [7, 11) is -2.79. The molecular weight excluding hydrogens is 585 g/mol. The van der Waals surface area contributed by atoms with Gasteiger partial charge in [0.25, 0.3) is 10.0 Å². The van der Waals surface area contributed by atoms with Crippen molar-refractivity contribution in [2.75, 3.05) is 24.5 Å². The molecule has 220 valence electrons. The first-order chi connectivity index (χ1) is 19.5. The Kier molecular flexibility index (Phi) is 11.5. The van der Waals surface area contributed by atoms with Crippen molar-refractivity contribution >= 4 is 50.7 Å². The molecule has 0 saturated carbocycles. The van der Waals surface area contributed by atoms with Crippen LogP contribution < -0.4 is 14.4 Å². The molecule has 3 aromatic rings. The van der Waals surface area contributed by atoms with Gasteiger partial charge < -0.3 is 15.0 Å². The van der Waals surface area contributed by atoms with Crippen LogP contribution in [0.3, 0.4) is 0 Å². The Bertz CT molecular complexity index is 1470. The second-order valence-electron chi connectivity index (χ2n) is 9.47.